The van der Waals surface area contributed by atoms with Crippen molar-refractivity contribution in [1.29, 1.82) is 0 Å². The quantitative estimate of drug-likeness (QED) is 0.771. The van der Waals surface area contributed by atoms with Gasteiger partial charge in [-0.05, 0) is 30.9 Å². The lowest BCUT2D eigenvalue weighted by Gasteiger charge is -2.16. The van der Waals surface area contributed by atoms with Gasteiger partial charge in [0.2, 0.25) is 5.88 Å². The Morgan fingerprint density at radius 3 is 2.60 bits per heavy atom. The van der Waals surface area contributed by atoms with Crippen LogP contribution in [0, 0.1) is 5.92 Å². The minimum Gasteiger partial charge on any atom is -0.475 e. The fourth-order valence-corrected chi connectivity index (χ4v) is 2.53. The van der Waals surface area contributed by atoms with Crippen molar-refractivity contribution < 1.29 is 9.53 Å². The van der Waals surface area contributed by atoms with Gasteiger partial charge in [0.1, 0.15) is 0 Å². The molecule has 25 heavy (non-hydrogen) atoms. The van der Waals surface area contributed by atoms with Crippen molar-refractivity contribution in [3.05, 3.63) is 41.9 Å². The number of rotatable bonds is 8. The third-order valence-electron chi connectivity index (χ3n) is 3.59. The maximum absolute atomic E-state index is 11.9. The zero-order valence-electron chi connectivity index (χ0n) is 15.3. The third-order valence-corrected chi connectivity index (χ3v) is 3.59. The van der Waals surface area contributed by atoms with E-state index >= 15 is 0 Å². The molecule has 0 aliphatic rings. The smallest absolute Gasteiger partial charge is 0.315 e. The van der Waals surface area contributed by atoms with Crippen LogP contribution in [0.15, 0.2) is 30.7 Å². The SMILES string of the molecule is CC(C)CC(C)Oc1cc(CNC(=O)NCc2cnn(C)c2)ccn1. The number of nitrogens with one attached hydrogen (secondary N) is 2. The summed E-state index contributed by atoms with van der Waals surface area (Å²) in [6, 6.07) is 3.50. The van der Waals surface area contributed by atoms with E-state index in [4.69, 9.17) is 4.74 Å². The molecule has 2 amide bonds. The highest BCUT2D eigenvalue weighted by Crippen LogP contribution is 2.14. The highest BCUT2D eigenvalue weighted by atomic mass is 16.5. The molecule has 1 atom stereocenters. The van der Waals surface area contributed by atoms with Gasteiger partial charge in [-0.1, -0.05) is 13.8 Å². The number of amides is 2. The molecule has 2 aromatic heterocycles. The first kappa shape index (κ1) is 18.8. The molecule has 7 heteroatoms. The van der Waals surface area contributed by atoms with E-state index in [2.05, 4.69) is 34.6 Å². The molecule has 0 saturated carbocycles. The predicted octanol–water partition coefficient (Wildman–Crippen LogP) is 2.63. The molecule has 0 fully saturated rings. The number of carbonyl (C=O) groups excluding carboxylic acids is 1. The Kier molecular flexibility index (Phi) is 6.80. The highest BCUT2D eigenvalue weighted by Gasteiger charge is 2.08. The summed E-state index contributed by atoms with van der Waals surface area (Å²) in [5.41, 5.74) is 1.90. The van der Waals surface area contributed by atoms with E-state index in [1.54, 1.807) is 17.1 Å². The maximum Gasteiger partial charge on any atom is 0.315 e. The molecular weight excluding hydrogens is 318 g/mol. The first-order chi connectivity index (χ1) is 11.9. The van der Waals surface area contributed by atoms with Crippen molar-refractivity contribution in [2.75, 3.05) is 0 Å². The summed E-state index contributed by atoms with van der Waals surface area (Å²) in [6.07, 6.45) is 6.37. The van der Waals surface area contributed by atoms with Gasteiger partial charge in [0.15, 0.2) is 0 Å². The number of nitrogens with zero attached hydrogens (tertiary/aromatic N) is 3. The number of aryl methyl sites for hydroxylation is 1. The van der Waals surface area contributed by atoms with Gasteiger partial charge in [0.05, 0.1) is 12.3 Å². The van der Waals surface area contributed by atoms with Gasteiger partial charge in [0.25, 0.3) is 0 Å². The molecular formula is C18H27N5O2. The molecule has 0 aliphatic heterocycles. The maximum atomic E-state index is 11.9. The summed E-state index contributed by atoms with van der Waals surface area (Å²) in [6.45, 7) is 7.22. The van der Waals surface area contributed by atoms with Crippen molar-refractivity contribution >= 4 is 6.03 Å². The fraction of sp³-hybridized carbons (Fsp3) is 0.500. The summed E-state index contributed by atoms with van der Waals surface area (Å²) < 4.78 is 7.53. The summed E-state index contributed by atoms with van der Waals surface area (Å²) in [5.74, 6) is 1.16. The molecule has 0 saturated heterocycles. The largest absolute Gasteiger partial charge is 0.475 e. The fourth-order valence-electron chi connectivity index (χ4n) is 2.53. The first-order valence-corrected chi connectivity index (χ1v) is 8.53. The van der Waals surface area contributed by atoms with Crippen molar-refractivity contribution in [2.24, 2.45) is 13.0 Å². The number of aromatic nitrogens is 3. The van der Waals surface area contributed by atoms with Crippen LogP contribution in [0.25, 0.3) is 0 Å². The monoisotopic (exact) mass is 345 g/mol. The van der Waals surface area contributed by atoms with Crippen LogP contribution in [0.3, 0.4) is 0 Å². The molecule has 0 spiro atoms. The summed E-state index contributed by atoms with van der Waals surface area (Å²) in [5, 5.41) is 9.69. The number of urea groups is 1. The minimum absolute atomic E-state index is 0.110. The molecule has 2 heterocycles. The van der Waals surface area contributed by atoms with Gasteiger partial charge < -0.3 is 15.4 Å². The summed E-state index contributed by atoms with van der Waals surface area (Å²) in [7, 11) is 1.84. The normalized spacial score (nSPS) is 12.0. The molecule has 0 aromatic carbocycles. The predicted molar refractivity (Wildman–Crippen MR) is 96.1 cm³/mol. The second-order valence-corrected chi connectivity index (χ2v) is 6.62. The van der Waals surface area contributed by atoms with Crippen LogP contribution < -0.4 is 15.4 Å². The van der Waals surface area contributed by atoms with Gasteiger partial charge in [-0.3, -0.25) is 4.68 Å². The van der Waals surface area contributed by atoms with E-state index in [9.17, 15) is 4.79 Å². The van der Waals surface area contributed by atoms with Crippen LogP contribution in [-0.2, 0) is 20.1 Å². The van der Waals surface area contributed by atoms with E-state index < -0.39 is 0 Å². The van der Waals surface area contributed by atoms with Crippen LogP contribution in [0.1, 0.15) is 38.3 Å². The van der Waals surface area contributed by atoms with E-state index in [0.29, 0.717) is 24.9 Å². The Hall–Kier alpha value is -2.57. The van der Waals surface area contributed by atoms with Gasteiger partial charge >= 0.3 is 6.03 Å². The first-order valence-electron chi connectivity index (χ1n) is 8.53. The van der Waals surface area contributed by atoms with Crippen molar-refractivity contribution in [2.45, 2.75) is 46.4 Å². The molecule has 7 nitrogen and oxygen atoms in total. The Balaban J connectivity index is 1.78. The molecule has 1 unspecified atom stereocenters. The van der Waals surface area contributed by atoms with E-state index in [1.165, 1.54) is 0 Å². The lowest BCUT2D eigenvalue weighted by Crippen LogP contribution is -2.34. The van der Waals surface area contributed by atoms with E-state index in [-0.39, 0.29) is 12.1 Å². The zero-order valence-corrected chi connectivity index (χ0v) is 15.3. The summed E-state index contributed by atoms with van der Waals surface area (Å²) in [4.78, 5) is 16.1. The Labute approximate surface area is 148 Å². The average Bonchev–Trinajstić information content (AvgIpc) is 2.96. The number of hydrogen-bond acceptors (Lipinski definition) is 4. The summed E-state index contributed by atoms with van der Waals surface area (Å²) >= 11 is 0. The van der Waals surface area contributed by atoms with Gasteiger partial charge in [-0.25, -0.2) is 9.78 Å². The lowest BCUT2D eigenvalue weighted by atomic mass is 10.1. The van der Waals surface area contributed by atoms with Crippen LogP contribution in [0.5, 0.6) is 5.88 Å². The topological polar surface area (TPSA) is 81.1 Å². The van der Waals surface area contributed by atoms with Crippen molar-refractivity contribution in [3.63, 3.8) is 0 Å². The molecule has 2 aromatic rings. The molecule has 2 rings (SSSR count). The molecule has 0 radical (unpaired) electrons. The zero-order chi connectivity index (χ0) is 18.2. The van der Waals surface area contributed by atoms with Crippen molar-refractivity contribution in [3.8, 4) is 5.88 Å². The van der Waals surface area contributed by atoms with Gasteiger partial charge in [0, 0.05) is 44.2 Å². The second-order valence-electron chi connectivity index (χ2n) is 6.62. The standard InChI is InChI=1S/C18H27N5O2/c1-13(2)7-14(3)25-17-8-15(5-6-19-17)9-20-18(24)21-10-16-11-22-23(4)12-16/h5-6,8,11-14H,7,9-10H2,1-4H3,(H2,20,21,24). The molecule has 136 valence electrons. The van der Waals surface area contributed by atoms with Gasteiger partial charge in [-0.2, -0.15) is 5.10 Å². The molecule has 0 bridgehead atoms. The highest BCUT2D eigenvalue weighted by molar-refractivity contribution is 5.73. The van der Waals surface area contributed by atoms with E-state index in [1.807, 2.05) is 32.3 Å². The number of ether oxygens (including phenoxy) is 1. The minimum atomic E-state index is -0.226. The van der Waals surface area contributed by atoms with Crippen LogP contribution in [0.4, 0.5) is 4.79 Å². The Bertz CT molecular complexity index is 684. The van der Waals surface area contributed by atoms with Crippen LogP contribution in [0.2, 0.25) is 0 Å². The van der Waals surface area contributed by atoms with Gasteiger partial charge in [-0.15, -0.1) is 0 Å². The Morgan fingerprint density at radius 1 is 1.24 bits per heavy atom. The van der Waals surface area contributed by atoms with Crippen molar-refractivity contribution in [1.82, 2.24) is 25.4 Å². The van der Waals surface area contributed by atoms with Crippen LogP contribution in [-0.4, -0.2) is 26.9 Å². The number of hydrogen-bond donors (Lipinski definition) is 2. The number of carbonyl (C=O) groups is 1. The Morgan fingerprint density at radius 2 is 1.96 bits per heavy atom. The third kappa shape index (κ3) is 6.82. The van der Waals surface area contributed by atoms with E-state index in [0.717, 1.165) is 17.5 Å². The number of pyridine rings is 1. The molecule has 0 aliphatic carbocycles. The second kappa shape index (κ2) is 9.05. The lowest BCUT2D eigenvalue weighted by molar-refractivity contribution is 0.185. The molecule has 2 N–H and O–H groups in total. The van der Waals surface area contributed by atoms with Crippen LogP contribution >= 0.6 is 0 Å². The average molecular weight is 345 g/mol.